The summed E-state index contributed by atoms with van der Waals surface area (Å²) in [5.41, 5.74) is 1.25. The van der Waals surface area contributed by atoms with Crippen LogP contribution in [0.1, 0.15) is 5.56 Å². The summed E-state index contributed by atoms with van der Waals surface area (Å²) in [7, 11) is -3.46. The second-order valence-electron chi connectivity index (χ2n) is 2.79. The van der Waals surface area contributed by atoms with Crippen LogP contribution in [0, 0.1) is 6.92 Å². The van der Waals surface area contributed by atoms with Crippen LogP contribution in [0.2, 0.25) is 5.02 Å². The van der Waals surface area contributed by atoms with Gasteiger partial charge in [0, 0.05) is 5.02 Å². The Morgan fingerprint density at radius 2 is 2.07 bits per heavy atom. The average Bonchev–Trinajstić information content (AvgIpc) is 2.11. The number of benzene rings is 1. The number of anilines is 1. The Kier molecular flexibility index (Phi) is 3.64. The van der Waals surface area contributed by atoms with E-state index in [-0.39, 0.29) is 0 Å². The minimum absolute atomic E-state index is 0.457. The highest BCUT2D eigenvalue weighted by Crippen LogP contribution is 2.21. The van der Waals surface area contributed by atoms with Gasteiger partial charge in [-0.1, -0.05) is 17.7 Å². The molecule has 0 amide bonds. The Labute approximate surface area is 93.1 Å². The third-order valence-corrected chi connectivity index (χ3v) is 3.52. The molecular weight excluding hydrogens is 245 g/mol. The maximum atomic E-state index is 11.1. The minimum atomic E-state index is -3.46. The molecule has 0 aliphatic heterocycles. The molecule has 1 N–H and O–H groups in total. The van der Waals surface area contributed by atoms with Crippen LogP contribution in [0.25, 0.3) is 0 Å². The van der Waals surface area contributed by atoms with E-state index in [1.807, 2.05) is 0 Å². The van der Waals surface area contributed by atoms with Crippen LogP contribution in [-0.2, 0) is 10.0 Å². The first kappa shape index (κ1) is 11.6. The van der Waals surface area contributed by atoms with Crippen molar-refractivity contribution in [2.24, 2.45) is 0 Å². The second-order valence-corrected chi connectivity index (χ2v) is 5.53. The first-order chi connectivity index (χ1) is 6.44. The maximum Gasteiger partial charge on any atom is 0.246 e. The molecule has 0 fully saturated rings. The predicted molar refractivity (Wildman–Crippen MR) is 59.5 cm³/mol. The smallest absolute Gasteiger partial charge is 0.246 e. The van der Waals surface area contributed by atoms with E-state index in [2.05, 4.69) is 4.72 Å². The summed E-state index contributed by atoms with van der Waals surface area (Å²) in [5.74, 6) is 0. The number of aryl methyl sites for hydroxylation is 1. The Bertz CT molecular complexity index is 431. The van der Waals surface area contributed by atoms with Gasteiger partial charge in [0.1, 0.15) is 5.21 Å². The van der Waals surface area contributed by atoms with Crippen LogP contribution in [0.4, 0.5) is 5.69 Å². The van der Waals surface area contributed by atoms with Crippen molar-refractivity contribution >= 4 is 38.9 Å². The third kappa shape index (κ3) is 3.04. The lowest BCUT2D eigenvalue weighted by Crippen LogP contribution is -2.14. The fourth-order valence-corrected chi connectivity index (χ4v) is 1.84. The molecule has 0 aliphatic rings. The Hall–Kier alpha value is -0.450. The van der Waals surface area contributed by atoms with Gasteiger partial charge in [0.15, 0.2) is 0 Å². The Morgan fingerprint density at radius 3 is 2.64 bits per heavy atom. The summed E-state index contributed by atoms with van der Waals surface area (Å²) >= 11 is 11.0. The van der Waals surface area contributed by atoms with E-state index >= 15 is 0 Å². The van der Waals surface area contributed by atoms with Gasteiger partial charge in [-0.3, -0.25) is 4.72 Å². The highest BCUT2D eigenvalue weighted by atomic mass is 35.5. The highest BCUT2D eigenvalue weighted by molar-refractivity contribution is 7.93. The number of alkyl halides is 1. The van der Waals surface area contributed by atoms with Crippen molar-refractivity contribution in [3.05, 3.63) is 28.8 Å². The van der Waals surface area contributed by atoms with Crippen LogP contribution >= 0.6 is 23.2 Å². The zero-order chi connectivity index (χ0) is 10.8. The molecule has 1 rings (SSSR count). The van der Waals surface area contributed by atoms with E-state index in [4.69, 9.17) is 23.2 Å². The van der Waals surface area contributed by atoms with Crippen LogP contribution in [0.5, 0.6) is 0 Å². The number of halogens is 2. The van der Waals surface area contributed by atoms with E-state index in [1.54, 1.807) is 25.1 Å². The van der Waals surface area contributed by atoms with Gasteiger partial charge in [0.2, 0.25) is 10.0 Å². The molecule has 1 aromatic carbocycles. The lowest BCUT2D eigenvalue weighted by molar-refractivity contribution is 0.605. The summed E-state index contributed by atoms with van der Waals surface area (Å²) < 4.78 is 24.6. The largest absolute Gasteiger partial charge is 0.282 e. The number of rotatable bonds is 3. The van der Waals surface area contributed by atoms with Gasteiger partial charge in [-0.25, -0.2) is 8.42 Å². The molecule has 14 heavy (non-hydrogen) atoms. The van der Waals surface area contributed by atoms with E-state index in [9.17, 15) is 8.42 Å². The zero-order valence-electron chi connectivity index (χ0n) is 7.42. The number of hydrogen-bond donors (Lipinski definition) is 1. The molecule has 0 radical (unpaired) electrons. The SMILES string of the molecule is Cc1ccc(Cl)cc1NS(=O)(=O)CCl. The van der Waals surface area contributed by atoms with Crippen molar-refractivity contribution in [3.63, 3.8) is 0 Å². The zero-order valence-corrected chi connectivity index (χ0v) is 9.75. The molecule has 0 aliphatic carbocycles. The fourth-order valence-electron chi connectivity index (χ4n) is 0.899. The van der Waals surface area contributed by atoms with Crippen molar-refractivity contribution in [3.8, 4) is 0 Å². The van der Waals surface area contributed by atoms with Crippen LogP contribution in [-0.4, -0.2) is 13.6 Å². The van der Waals surface area contributed by atoms with Gasteiger partial charge in [-0.2, -0.15) is 0 Å². The highest BCUT2D eigenvalue weighted by Gasteiger charge is 2.09. The second kappa shape index (κ2) is 4.38. The molecule has 0 atom stereocenters. The molecule has 78 valence electrons. The molecule has 0 bridgehead atoms. The molecule has 0 spiro atoms. The van der Waals surface area contributed by atoms with Gasteiger partial charge in [0.05, 0.1) is 5.69 Å². The quantitative estimate of drug-likeness (QED) is 0.842. The van der Waals surface area contributed by atoms with Crippen LogP contribution in [0.15, 0.2) is 18.2 Å². The topological polar surface area (TPSA) is 46.2 Å². The first-order valence-corrected chi connectivity index (χ1v) is 6.34. The normalized spacial score (nSPS) is 11.4. The molecule has 0 saturated carbocycles. The summed E-state index contributed by atoms with van der Waals surface area (Å²) in [4.78, 5) is 0. The standard InChI is InChI=1S/C8H9Cl2NO2S/c1-6-2-3-7(10)4-8(6)11-14(12,13)5-9/h2-4,11H,5H2,1H3. The van der Waals surface area contributed by atoms with Crippen molar-refractivity contribution < 1.29 is 8.42 Å². The van der Waals surface area contributed by atoms with Crippen LogP contribution < -0.4 is 4.72 Å². The molecule has 0 unspecified atom stereocenters. The van der Waals surface area contributed by atoms with Gasteiger partial charge >= 0.3 is 0 Å². The maximum absolute atomic E-state index is 11.1. The summed E-state index contributed by atoms with van der Waals surface area (Å²) in [5, 5.41) is 0.00162. The van der Waals surface area contributed by atoms with E-state index in [0.29, 0.717) is 10.7 Å². The number of nitrogens with one attached hydrogen (secondary N) is 1. The molecule has 0 aromatic heterocycles. The van der Waals surface area contributed by atoms with Gasteiger partial charge in [-0.05, 0) is 24.6 Å². The van der Waals surface area contributed by atoms with Crippen molar-refractivity contribution in [1.29, 1.82) is 0 Å². The number of sulfonamides is 1. The van der Waals surface area contributed by atoms with E-state index < -0.39 is 15.2 Å². The predicted octanol–water partition coefficient (Wildman–Crippen LogP) is 2.59. The van der Waals surface area contributed by atoms with Gasteiger partial charge < -0.3 is 0 Å². The van der Waals surface area contributed by atoms with E-state index in [1.165, 1.54) is 0 Å². The van der Waals surface area contributed by atoms with Crippen LogP contribution in [0.3, 0.4) is 0 Å². The molecule has 0 saturated heterocycles. The van der Waals surface area contributed by atoms with Gasteiger partial charge in [-0.15, -0.1) is 11.6 Å². The molecular formula is C8H9Cl2NO2S. The average molecular weight is 254 g/mol. The monoisotopic (exact) mass is 253 g/mol. The van der Waals surface area contributed by atoms with Crippen molar-refractivity contribution in [2.45, 2.75) is 6.92 Å². The van der Waals surface area contributed by atoms with Crippen molar-refractivity contribution in [2.75, 3.05) is 9.93 Å². The van der Waals surface area contributed by atoms with E-state index in [0.717, 1.165) is 5.56 Å². The Balaban J connectivity index is 3.03. The summed E-state index contributed by atoms with van der Waals surface area (Å²) in [6.07, 6.45) is 0. The van der Waals surface area contributed by atoms with Gasteiger partial charge in [0.25, 0.3) is 0 Å². The molecule has 3 nitrogen and oxygen atoms in total. The van der Waals surface area contributed by atoms with Crippen molar-refractivity contribution in [1.82, 2.24) is 0 Å². The minimum Gasteiger partial charge on any atom is -0.282 e. The number of hydrogen-bond acceptors (Lipinski definition) is 2. The summed E-state index contributed by atoms with van der Waals surface area (Å²) in [6.45, 7) is 1.78. The lowest BCUT2D eigenvalue weighted by Gasteiger charge is -2.08. The summed E-state index contributed by atoms with van der Waals surface area (Å²) in [6, 6.07) is 4.96. The molecule has 1 aromatic rings. The Morgan fingerprint density at radius 1 is 1.43 bits per heavy atom. The third-order valence-electron chi connectivity index (χ3n) is 1.61. The fraction of sp³-hybridized carbons (Fsp3) is 0.250. The lowest BCUT2D eigenvalue weighted by atomic mass is 10.2. The first-order valence-electron chi connectivity index (χ1n) is 3.77. The molecule has 0 heterocycles. The molecule has 6 heteroatoms.